The van der Waals surface area contributed by atoms with Gasteiger partial charge in [-0.2, -0.15) is 0 Å². The van der Waals surface area contributed by atoms with Crippen LogP contribution in [-0.2, 0) is 9.59 Å². The molecule has 0 spiro atoms. The van der Waals surface area contributed by atoms with E-state index in [2.05, 4.69) is 27.4 Å². The monoisotopic (exact) mass is 366 g/mol. The summed E-state index contributed by atoms with van der Waals surface area (Å²) in [6.07, 6.45) is 12.1. The fraction of sp³-hybridized carbons (Fsp3) is 0.476. The Kier molecular flexibility index (Phi) is 5.23. The second kappa shape index (κ2) is 7.94. The zero-order chi connectivity index (χ0) is 18.6. The highest BCUT2D eigenvalue weighted by molar-refractivity contribution is 5.91. The maximum atomic E-state index is 12.5. The molecule has 2 aliphatic rings. The minimum absolute atomic E-state index is 0.00458. The molecule has 1 aliphatic carbocycles. The van der Waals surface area contributed by atoms with E-state index in [0.29, 0.717) is 13.1 Å². The summed E-state index contributed by atoms with van der Waals surface area (Å²) in [6.45, 7) is 1.37. The predicted molar refractivity (Wildman–Crippen MR) is 105 cm³/mol. The molecule has 6 heteroatoms. The molecule has 4 rings (SSSR count). The molecule has 3 heterocycles. The zero-order valence-corrected chi connectivity index (χ0v) is 15.5. The van der Waals surface area contributed by atoms with Crippen molar-refractivity contribution in [3.05, 3.63) is 36.2 Å². The van der Waals surface area contributed by atoms with Gasteiger partial charge in [0.2, 0.25) is 11.8 Å². The molecule has 0 radical (unpaired) electrons. The number of hydrogen-bond acceptors (Lipinski definition) is 3. The van der Waals surface area contributed by atoms with Crippen LogP contribution in [0.2, 0.25) is 0 Å². The van der Waals surface area contributed by atoms with E-state index in [1.165, 1.54) is 12.0 Å². The van der Waals surface area contributed by atoms with E-state index in [1.54, 1.807) is 6.20 Å². The minimum atomic E-state index is -0.00458. The van der Waals surface area contributed by atoms with Crippen LogP contribution in [0.25, 0.3) is 16.6 Å². The highest BCUT2D eigenvalue weighted by Gasteiger charge is 2.23. The number of fused-ring (bicyclic) bond motifs is 1. The van der Waals surface area contributed by atoms with Gasteiger partial charge in [-0.3, -0.25) is 9.59 Å². The maximum absolute atomic E-state index is 12.5. The van der Waals surface area contributed by atoms with E-state index in [1.807, 2.05) is 17.2 Å². The van der Waals surface area contributed by atoms with Crippen molar-refractivity contribution in [3.8, 4) is 0 Å². The summed E-state index contributed by atoms with van der Waals surface area (Å²) in [4.78, 5) is 34.0. The van der Waals surface area contributed by atoms with Crippen LogP contribution in [0.1, 0.15) is 44.1 Å². The first kappa shape index (κ1) is 17.8. The summed E-state index contributed by atoms with van der Waals surface area (Å²) in [5.41, 5.74) is 3.29. The van der Waals surface area contributed by atoms with Crippen molar-refractivity contribution >= 4 is 28.4 Å². The number of aromatic amines is 1. The Labute approximate surface area is 159 Å². The molecule has 0 aromatic carbocycles. The van der Waals surface area contributed by atoms with Gasteiger partial charge in [-0.1, -0.05) is 25.3 Å². The second-order valence-corrected chi connectivity index (χ2v) is 7.47. The summed E-state index contributed by atoms with van der Waals surface area (Å²) in [7, 11) is 0. The standard InChI is InChI=1S/C21H26N4O2/c26-19(14-24-21(27)16-5-2-1-3-6-16)25-11-8-15(9-12-25)18-13-23-20-17(18)7-4-10-22-20/h4,7-8,10,13,16H,1-3,5-6,9,11-12,14H2,(H,22,23)(H,24,27). The normalized spacial score (nSPS) is 18.4. The second-order valence-electron chi connectivity index (χ2n) is 7.47. The van der Waals surface area contributed by atoms with Gasteiger partial charge in [0, 0.05) is 42.4 Å². The number of hydrogen-bond donors (Lipinski definition) is 2. The van der Waals surface area contributed by atoms with Crippen LogP contribution in [0.5, 0.6) is 0 Å². The number of nitrogens with zero attached hydrogens (tertiary/aromatic N) is 2. The molecule has 2 aromatic heterocycles. The molecule has 0 unspecified atom stereocenters. The van der Waals surface area contributed by atoms with E-state index >= 15 is 0 Å². The SMILES string of the molecule is O=C(NCC(=O)N1CC=C(c2c[nH]c3ncccc23)CC1)C1CCCCC1. The molecule has 2 aromatic rings. The van der Waals surface area contributed by atoms with Gasteiger partial charge in [0.05, 0.1) is 6.54 Å². The molecule has 2 amide bonds. The van der Waals surface area contributed by atoms with Crippen molar-refractivity contribution in [1.82, 2.24) is 20.2 Å². The van der Waals surface area contributed by atoms with Crippen molar-refractivity contribution in [1.29, 1.82) is 0 Å². The van der Waals surface area contributed by atoms with Gasteiger partial charge in [0.25, 0.3) is 0 Å². The van der Waals surface area contributed by atoms with Gasteiger partial charge in [-0.25, -0.2) is 4.98 Å². The van der Waals surface area contributed by atoms with Crippen LogP contribution in [0.4, 0.5) is 0 Å². The largest absolute Gasteiger partial charge is 0.347 e. The Morgan fingerprint density at radius 3 is 2.89 bits per heavy atom. The number of amides is 2. The van der Waals surface area contributed by atoms with Crippen molar-refractivity contribution in [2.45, 2.75) is 38.5 Å². The topological polar surface area (TPSA) is 78.1 Å². The summed E-state index contributed by atoms with van der Waals surface area (Å²) in [6, 6.07) is 4.00. The van der Waals surface area contributed by atoms with Crippen molar-refractivity contribution in [2.24, 2.45) is 5.92 Å². The van der Waals surface area contributed by atoms with Gasteiger partial charge < -0.3 is 15.2 Å². The average molecular weight is 366 g/mol. The zero-order valence-electron chi connectivity index (χ0n) is 15.5. The van der Waals surface area contributed by atoms with E-state index in [9.17, 15) is 9.59 Å². The Hall–Kier alpha value is -2.63. The van der Waals surface area contributed by atoms with Crippen LogP contribution in [0, 0.1) is 5.92 Å². The lowest BCUT2D eigenvalue weighted by Crippen LogP contribution is -2.43. The van der Waals surface area contributed by atoms with Crippen molar-refractivity contribution < 1.29 is 9.59 Å². The van der Waals surface area contributed by atoms with Crippen LogP contribution >= 0.6 is 0 Å². The summed E-state index contributed by atoms with van der Waals surface area (Å²) in [5.74, 6) is 0.132. The van der Waals surface area contributed by atoms with Crippen LogP contribution in [-0.4, -0.2) is 46.3 Å². The van der Waals surface area contributed by atoms with E-state index in [4.69, 9.17) is 0 Å². The number of H-pyrrole nitrogens is 1. The number of pyridine rings is 1. The van der Waals surface area contributed by atoms with Crippen LogP contribution < -0.4 is 5.32 Å². The molecular weight excluding hydrogens is 340 g/mol. The third kappa shape index (κ3) is 3.89. The van der Waals surface area contributed by atoms with Gasteiger partial charge in [-0.15, -0.1) is 0 Å². The molecule has 0 saturated heterocycles. The fourth-order valence-electron chi connectivity index (χ4n) is 4.15. The first-order valence-corrected chi connectivity index (χ1v) is 9.89. The Balaban J connectivity index is 1.32. The third-order valence-electron chi connectivity index (χ3n) is 5.75. The van der Waals surface area contributed by atoms with Gasteiger partial charge >= 0.3 is 0 Å². The Morgan fingerprint density at radius 1 is 1.26 bits per heavy atom. The first-order chi connectivity index (χ1) is 13.2. The molecule has 142 valence electrons. The molecule has 6 nitrogen and oxygen atoms in total. The highest BCUT2D eigenvalue weighted by Crippen LogP contribution is 2.28. The molecule has 27 heavy (non-hydrogen) atoms. The van der Waals surface area contributed by atoms with Crippen LogP contribution in [0.15, 0.2) is 30.6 Å². The maximum Gasteiger partial charge on any atom is 0.242 e. The lowest BCUT2D eigenvalue weighted by Gasteiger charge is -2.27. The van der Waals surface area contributed by atoms with Gasteiger partial charge in [0.15, 0.2) is 0 Å². The molecule has 1 aliphatic heterocycles. The highest BCUT2D eigenvalue weighted by atomic mass is 16.2. The number of carbonyl (C=O) groups is 2. The number of aromatic nitrogens is 2. The van der Waals surface area contributed by atoms with Crippen molar-refractivity contribution in [2.75, 3.05) is 19.6 Å². The van der Waals surface area contributed by atoms with E-state index in [-0.39, 0.29) is 24.3 Å². The lowest BCUT2D eigenvalue weighted by molar-refractivity contribution is -0.134. The average Bonchev–Trinajstić information content (AvgIpc) is 3.16. The fourth-order valence-corrected chi connectivity index (χ4v) is 4.15. The minimum Gasteiger partial charge on any atom is -0.347 e. The quantitative estimate of drug-likeness (QED) is 0.873. The predicted octanol–water partition coefficient (Wildman–Crippen LogP) is 2.88. The molecule has 1 saturated carbocycles. The molecule has 0 bridgehead atoms. The number of nitrogens with one attached hydrogen (secondary N) is 2. The van der Waals surface area contributed by atoms with E-state index < -0.39 is 0 Å². The molecule has 2 N–H and O–H groups in total. The Bertz CT molecular complexity index is 864. The Morgan fingerprint density at radius 2 is 2.11 bits per heavy atom. The number of rotatable bonds is 4. The molecule has 0 atom stereocenters. The molecular formula is C21H26N4O2. The van der Waals surface area contributed by atoms with E-state index in [0.717, 1.165) is 48.7 Å². The summed E-state index contributed by atoms with van der Waals surface area (Å²) in [5, 5.41) is 3.96. The lowest BCUT2D eigenvalue weighted by atomic mass is 9.89. The van der Waals surface area contributed by atoms with Crippen molar-refractivity contribution in [3.63, 3.8) is 0 Å². The summed E-state index contributed by atoms with van der Waals surface area (Å²) >= 11 is 0. The molecule has 1 fully saturated rings. The number of carbonyl (C=O) groups excluding carboxylic acids is 2. The smallest absolute Gasteiger partial charge is 0.242 e. The van der Waals surface area contributed by atoms with Gasteiger partial charge in [-0.05, 0) is 37.0 Å². The van der Waals surface area contributed by atoms with Crippen LogP contribution in [0.3, 0.4) is 0 Å². The third-order valence-corrected chi connectivity index (χ3v) is 5.75. The first-order valence-electron chi connectivity index (χ1n) is 9.89. The van der Waals surface area contributed by atoms with Gasteiger partial charge in [0.1, 0.15) is 5.65 Å². The summed E-state index contributed by atoms with van der Waals surface area (Å²) < 4.78 is 0.